The highest BCUT2D eigenvalue weighted by molar-refractivity contribution is 14.0. The Balaban J connectivity index is 0.00000576. The van der Waals surface area contributed by atoms with Crippen molar-refractivity contribution >= 4 is 35.8 Å². The second kappa shape index (κ2) is 14.8. The van der Waals surface area contributed by atoms with Crippen LogP contribution in [0.2, 0.25) is 0 Å². The van der Waals surface area contributed by atoms with Gasteiger partial charge in [-0.15, -0.1) is 24.0 Å². The quantitative estimate of drug-likeness (QED) is 0.199. The number of hydrogen-bond acceptors (Lipinski definition) is 4. The third kappa shape index (κ3) is 11.6. The second-order valence-corrected chi connectivity index (χ2v) is 5.18. The molecule has 0 aromatic heterocycles. The molecule has 0 fully saturated rings. The van der Waals surface area contributed by atoms with Gasteiger partial charge in [-0.1, -0.05) is 12.1 Å². The van der Waals surface area contributed by atoms with Crippen LogP contribution in [0.1, 0.15) is 18.9 Å². The Morgan fingerprint density at radius 1 is 1.24 bits per heavy atom. The van der Waals surface area contributed by atoms with Crippen LogP contribution in [-0.2, 0) is 16.0 Å². The highest BCUT2D eigenvalue weighted by Crippen LogP contribution is 2.12. The van der Waals surface area contributed by atoms with Crippen molar-refractivity contribution in [1.82, 2.24) is 10.6 Å². The number of nitrogens with two attached hydrogens (primary N) is 1. The standard InChI is InChI=1S/C17H28N4O3.HI/c1-3-19-17(20-10-4-12-23-2)21-11-9-14-5-7-15(8-6-14)24-13-16(18)22;/h5-8H,3-4,9-13H2,1-2H3,(H2,18,22)(H2,19,20,21);1H. The molecular formula is C17H29IN4O3. The Hall–Kier alpha value is -1.55. The lowest BCUT2D eigenvalue weighted by Gasteiger charge is -2.11. The monoisotopic (exact) mass is 464 g/mol. The maximum atomic E-state index is 10.7. The van der Waals surface area contributed by atoms with Crippen molar-refractivity contribution in [3.05, 3.63) is 29.8 Å². The van der Waals surface area contributed by atoms with Crippen molar-refractivity contribution in [2.24, 2.45) is 10.7 Å². The number of primary amides is 1. The lowest BCUT2D eigenvalue weighted by atomic mass is 10.1. The summed E-state index contributed by atoms with van der Waals surface area (Å²) in [4.78, 5) is 15.2. The molecule has 0 saturated carbocycles. The minimum absolute atomic E-state index is 0. The number of nitrogens with zero attached hydrogens (tertiary/aromatic N) is 1. The van der Waals surface area contributed by atoms with Crippen molar-refractivity contribution in [2.75, 3.05) is 40.0 Å². The highest BCUT2D eigenvalue weighted by atomic mass is 127. The van der Waals surface area contributed by atoms with Gasteiger partial charge in [0, 0.05) is 33.4 Å². The molecule has 8 heteroatoms. The molecule has 0 atom stereocenters. The first-order valence-electron chi connectivity index (χ1n) is 8.17. The Morgan fingerprint density at radius 3 is 2.56 bits per heavy atom. The van der Waals surface area contributed by atoms with Crippen molar-refractivity contribution in [2.45, 2.75) is 19.8 Å². The molecule has 7 nitrogen and oxygen atoms in total. The number of rotatable bonds is 11. The Bertz CT molecular complexity index is 509. The zero-order valence-corrected chi connectivity index (χ0v) is 17.2. The van der Waals surface area contributed by atoms with E-state index in [0.29, 0.717) is 12.4 Å². The molecule has 0 heterocycles. The predicted octanol–water partition coefficient (Wildman–Crippen LogP) is 1.30. The molecule has 25 heavy (non-hydrogen) atoms. The number of halogens is 1. The smallest absolute Gasteiger partial charge is 0.255 e. The SMILES string of the molecule is CCNC(=NCCCOC)NCCc1ccc(OCC(N)=O)cc1.I. The second-order valence-electron chi connectivity index (χ2n) is 5.18. The fourth-order valence-corrected chi connectivity index (χ4v) is 1.97. The van der Waals surface area contributed by atoms with Gasteiger partial charge in [-0.2, -0.15) is 0 Å². The van der Waals surface area contributed by atoms with E-state index < -0.39 is 5.91 Å². The van der Waals surface area contributed by atoms with Gasteiger partial charge in [0.15, 0.2) is 12.6 Å². The molecule has 1 aromatic carbocycles. The van der Waals surface area contributed by atoms with Crippen LogP contribution < -0.4 is 21.1 Å². The topological polar surface area (TPSA) is 98.0 Å². The average Bonchev–Trinajstić information content (AvgIpc) is 2.58. The van der Waals surface area contributed by atoms with Crippen LogP contribution in [0, 0.1) is 0 Å². The van der Waals surface area contributed by atoms with Crippen LogP contribution in [0.25, 0.3) is 0 Å². The number of carbonyl (C=O) groups is 1. The van der Waals surface area contributed by atoms with E-state index in [1.807, 2.05) is 31.2 Å². The number of ether oxygens (including phenoxy) is 2. The predicted molar refractivity (Wildman–Crippen MR) is 111 cm³/mol. The maximum Gasteiger partial charge on any atom is 0.255 e. The molecule has 1 rings (SSSR count). The Kier molecular flexibility index (Phi) is 13.8. The van der Waals surface area contributed by atoms with Gasteiger partial charge >= 0.3 is 0 Å². The molecule has 0 radical (unpaired) electrons. The van der Waals surface area contributed by atoms with Crippen LogP contribution in [0.5, 0.6) is 5.75 Å². The van der Waals surface area contributed by atoms with Crippen molar-refractivity contribution in [3.8, 4) is 5.75 Å². The van der Waals surface area contributed by atoms with E-state index >= 15 is 0 Å². The number of guanidine groups is 1. The van der Waals surface area contributed by atoms with E-state index in [4.69, 9.17) is 15.2 Å². The lowest BCUT2D eigenvalue weighted by molar-refractivity contribution is -0.119. The van der Waals surface area contributed by atoms with Gasteiger partial charge in [-0.25, -0.2) is 0 Å². The van der Waals surface area contributed by atoms with E-state index in [1.165, 1.54) is 5.56 Å². The Labute approximate surface area is 166 Å². The van der Waals surface area contributed by atoms with Crippen LogP contribution in [0.4, 0.5) is 0 Å². The molecule has 1 aromatic rings. The molecule has 1 amide bonds. The van der Waals surface area contributed by atoms with Crippen LogP contribution >= 0.6 is 24.0 Å². The van der Waals surface area contributed by atoms with Crippen LogP contribution in [0.3, 0.4) is 0 Å². The summed E-state index contributed by atoms with van der Waals surface area (Å²) in [6.07, 6.45) is 1.76. The molecule has 142 valence electrons. The molecule has 0 bridgehead atoms. The molecule has 0 spiro atoms. The summed E-state index contributed by atoms with van der Waals surface area (Å²) in [5.74, 6) is 0.970. The number of benzene rings is 1. The first kappa shape index (κ1) is 23.4. The zero-order chi connectivity index (χ0) is 17.6. The van der Waals surface area contributed by atoms with Gasteiger partial charge in [0.25, 0.3) is 5.91 Å². The van der Waals surface area contributed by atoms with Gasteiger partial charge in [0.2, 0.25) is 0 Å². The maximum absolute atomic E-state index is 10.7. The third-order valence-corrected chi connectivity index (χ3v) is 3.13. The zero-order valence-electron chi connectivity index (χ0n) is 14.9. The fraction of sp³-hybridized carbons (Fsp3) is 0.529. The van der Waals surface area contributed by atoms with Gasteiger partial charge in [0.05, 0.1) is 0 Å². The molecule has 0 aliphatic carbocycles. The van der Waals surface area contributed by atoms with Gasteiger partial charge < -0.3 is 25.8 Å². The minimum Gasteiger partial charge on any atom is -0.484 e. The summed E-state index contributed by atoms with van der Waals surface area (Å²) in [6, 6.07) is 7.62. The van der Waals surface area contributed by atoms with E-state index in [9.17, 15) is 4.79 Å². The number of carbonyl (C=O) groups excluding carboxylic acids is 1. The van der Waals surface area contributed by atoms with E-state index in [2.05, 4.69) is 15.6 Å². The summed E-state index contributed by atoms with van der Waals surface area (Å²) in [7, 11) is 1.69. The molecule has 0 aliphatic heterocycles. The van der Waals surface area contributed by atoms with Crippen molar-refractivity contribution < 1.29 is 14.3 Å². The van der Waals surface area contributed by atoms with E-state index in [0.717, 1.165) is 38.4 Å². The number of nitrogens with one attached hydrogen (secondary N) is 2. The molecule has 0 unspecified atom stereocenters. The number of methoxy groups -OCH3 is 1. The summed E-state index contributed by atoms with van der Waals surface area (Å²) < 4.78 is 10.2. The molecule has 0 saturated heterocycles. The first-order chi connectivity index (χ1) is 11.7. The number of amides is 1. The normalized spacial score (nSPS) is 10.7. The third-order valence-electron chi connectivity index (χ3n) is 3.13. The summed E-state index contributed by atoms with van der Waals surface area (Å²) in [5, 5.41) is 6.52. The minimum atomic E-state index is -0.482. The summed E-state index contributed by atoms with van der Waals surface area (Å²) >= 11 is 0. The summed E-state index contributed by atoms with van der Waals surface area (Å²) in [6.45, 7) is 4.98. The largest absolute Gasteiger partial charge is 0.484 e. The number of hydrogen-bond donors (Lipinski definition) is 3. The van der Waals surface area contributed by atoms with Gasteiger partial charge in [-0.3, -0.25) is 9.79 Å². The van der Waals surface area contributed by atoms with Crippen molar-refractivity contribution in [1.29, 1.82) is 0 Å². The van der Waals surface area contributed by atoms with Crippen LogP contribution in [-0.4, -0.2) is 51.8 Å². The number of aliphatic imine (C=N–C) groups is 1. The van der Waals surface area contributed by atoms with Crippen molar-refractivity contribution in [3.63, 3.8) is 0 Å². The summed E-state index contributed by atoms with van der Waals surface area (Å²) in [5.41, 5.74) is 6.21. The Morgan fingerprint density at radius 2 is 1.96 bits per heavy atom. The molecule has 0 aliphatic rings. The molecular weight excluding hydrogens is 435 g/mol. The van der Waals surface area contributed by atoms with E-state index in [1.54, 1.807) is 7.11 Å². The fourth-order valence-electron chi connectivity index (χ4n) is 1.97. The van der Waals surface area contributed by atoms with E-state index in [-0.39, 0.29) is 30.6 Å². The lowest BCUT2D eigenvalue weighted by Crippen LogP contribution is -2.38. The van der Waals surface area contributed by atoms with Crippen LogP contribution in [0.15, 0.2) is 29.3 Å². The highest BCUT2D eigenvalue weighted by Gasteiger charge is 2.00. The van der Waals surface area contributed by atoms with Gasteiger partial charge in [-0.05, 0) is 37.5 Å². The first-order valence-corrected chi connectivity index (χ1v) is 8.17. The van der Waals surface area contributed by atoms with Gasteiger partial charge in [0.1, 0.15) is 5.75 Å². The molecule has 4 N–H and O–H groups in total. The average molecular weight is 464 g/mol.